The van der Waals surface area contributed by atoms with Crippen molar-refractivity contribution in [3.63, 3.8) is 0 Å². The van der Waals surface area contributed by atoms with Crippen molar-refractivity contribution >= 4 is 22.7 Å². The molecule has 0 radical (unpaired) electrons. The summed E-state index contributed by atoms with van der Waals surface area (Å²) in [6.07, 6.45) is 6.59. The number of aryl methyl sites for hydroxylation is 1. The molecular weight excluding hydrogens is 328 g/mol. The van der Waals surface area contributed by atoms with E-state index >= 15 is 0 Å². The van der Waals surface area contributed by atoms with Crippen LogP contribution >= 0.6 is 0 Å². The molecule has 1 aromatic heterocycles. The number of allylic oxidation sites excluding steroid dienone is 2. The minimum absolute atomic E-state index is 0.107. The normalized spacial score (nSPS) is 22.3. The topological polar surface area (TPSA) is 51.5 Å². The molecule has 4 rings (SSSR count). The Hall–Kier alpha value is -2.82. The molecule has 1 aliphatic heterocycles. The molecule has 2 heterocycles. The monoisotopic (exact) mass is 350 g/mol. The average molecular weight is 350 g/mol. The van der Waals surface area contributed by atoms with Gasteiger partial charge in [0.2, 0.25) is 0 Å². The highest BCUT2D eigenvalue weighted by Gasteiger charge is 2.38. The number of carbonyl (C=O) groups excluding carboxylic acids is 2. The quantitative estimate of drug-likeness (QED) is 0.615. The first kappa shape index (κ1) is 16.6. The number of nitrogens with zero attached hydrogens (tertiary/aromatic N) is 2. The van der Waals surface area contributed by atoms with Crippen LogP contribution in [0.15, 0.2) is 48.2 Å². The van der Waals surface area contributed by atoms with Gasteiger partial charge in [-0.3, -0.25) is 4.79 Å². The first-order chi connectivity index (χ1) is 12.5. The zero-order chi connectivity index (χ0) is 18.4. The van der Waals surface area contributed by atoms with Crippen molar-refractivity contribution in [2.24, 2.45) is 13.0 Å². The number of ether oxygens (including phenoxy) is 1. The Balaban J connectivity index is 1.83. The van der Waals surface area contributed by atoms with Gasteiger partial charge in [0.25, 0.3) is 0 Å². The van der Waals surface area contributed by atoms with Gasteiger partial charge in [0, 0.05) is 49.3 Å². The number of carbonyl (C=O) groups is 2. The summed E-state index contributed by atoms with van der Waals surface area (Å²) < 4.78 is 6.72. The molecule has 0 fully saturated rings. The molecule has 2 bridgehead atoms. The number of aromatic nitrogens is 1. The van der Waals surface area contributed by atoms with E-state index in [4.69, 9.17) is 0 Å². The van der Waals surface area contributed by atoms with E-state index in [9.17, 15) is 9.59 Å². The first-order valence-corrected chi connectivity index (χ1v) is 8.81. The fraction of sp³-hybridized carbons (Fsp3) is 0.333. The standard InChI is InChI=1S/C21H22N2O3/c1-22-12-13(8-9-19(25)26-3)14-10-17(22)20-15-6-4-5-7-16(15)23(2)21(20)18(24)11-14/h4-9,12,14,17H,10-11H2,1-3H3/b9-8+/t14-,17+/m0/s1. The van der Waals surface area contributed by atoms with Crippen molar-refractivity contribution in [3.05, 3.63) is 59.4 Å². The Morgan fingerprint density at radius 3 is 2.81 bits per heavy atom. The molecule has 1 aliphatic carbocycles. The largest absolute Gasteiger partial charge is 0.466 e. The van der Waals surface area contributed by atoms with Crippen LogP contribution in [0.4, 0.5) is 0 Å². The van der Waals surface area contributed by atoms with E-state index in [1.165, 1.54) is 13.2 Å². The number of ketones is 1. The van der Waals surface area contributed by atoms with Crippen molar-refractivity contribution in [2.45, 2.75) is 18.9 Å². The summed E-state index contributed by atoms with van der Waals surface area (Å²) in [5.41, 5.74) is 4.04. The number of hydrogen-bond donors (Lipinski definition) is 0. The third-order valence-electron chi connectivity index (χ3n) is 5.61. The average Bonchev–Trinajstić information content (AvgIpc) is 2.85. The maximum atomic E-state index is 13.1. The Labute approximate surface area is 152 Å². The summed E-state index contributed by atoms with van der Waals surface area (Å²) in [5.74, 6) is -0.112. The number of para-hydroxylation sites is 1. The molecule has 26 heavy (non-hydrogen) atoms. The first-order valence-electron chi connectivity index (χ1n) is 8.81. The van der Waals surface area contributed by atoms with E-state index < -0.39 is 0 Å². The number of rotatable bonds is 2. The lowest BCUT2D eigenvalue weighted by Gasteiger charge is -2.35. The lowest BCUT2D eigenvalue weighted by atomic mass is 9.85. The van der Waals surface area contributed by atoms with Gasteiger partial charge in [0.1, 0.15) is 0 Å². The maximum Gasteiger partial charge on any atom is 0.330 e. The van der Waals surface area contributed by atoms with Gasteiger partial charge in [-0.1, -0.05) is 24.3 Å². The molecular formula is C21H22N2O3. The van der Waals surface area contributed by atoms with E-state index in [0.29, 0.717) is 6.42 Å². The summed E-state index contributed by atoms with van der Waals surface area (Å²) in [4.78, 5) is 26.7. The molecule has 0 saturated heterocycles. The second-order valence-electron chi connectivity index (χ2n) is 7.07. The smallest absolute Gasteiger partial charge is 0.330 e. The van der Waals surface area contributed by atoms with E-state index in [1.54, 1.807) is 6.08 Å². The zero-order valence-corrected chi connectivity index (χ0v) is 15.2. The molecule has 0 N–H and O–H groups in total. The summed E-state index contributed by atoms with van der Waals surface area (Å²) in [6, 6.07) is 8.36. The van der Waals surface area contributed by atoms with Crippen molar-refractivity contribution < 1.29 is 14.3 Å². The lowest BCUT2D eigenvalue weighted by Crippen LogP contribution is -2.27. The van der Waals surface area contributed by atoms with Crippen LogP contribution in [0.25, 0.3) is 10.9 Å². The van der Waals surface area contributed by atoms with Crippen LogP contribution in [-0.4, -0.2) is 35.4 Å². The predicted octanol–water partition coefficient (Wildman–Crippen LogP) is 3.37. The number of fused-ring (bicyclic) bond motifs is 6. The van der Waals surface area contributed by atoms with Crippen LogP contribution in [-0.2, 0) is 16.6 Å². The number of Topliss-reactive ketones (excluding diaryl/α,β-unsaturated/α-hetero) is 1. The van der Waals surface area contributed by atoms with E-state index in [1.807, 2.05) is 30.8 Å². The summed E-state index contributed by atoms with van der Waals surface area (Å²) in [7, 11) is 5.37. The maximum absolute atomic E-state index is 13.1. The van der Waals surface area contributed by atoms with E-state index in [2.05, 4.69) is 28.0 Å². The number of benzene rings is 1. The van der Waals surface area contributed by atoms with E-state index in [0.717, 1.165) is 34.2 Å². The molecule has 0 saturated carbocycles. The highest BCUT2D eigenvalue weighted by atomic mass is 16.5. The third kappa shape index (κ3) is 2.46. The molecule has 2 atom stereocenters. The van der Waals surface area contributed by atoms with Crippen LogP contribution < -0.4 is 0 Å². The number of methoxy groups -OCH3 is 1. The molecule has 2 aromatic rings. The van der Waals surface area contributed by atoms with Gasteiger partial charge in [0.15, 0.2) is 5.78 Å². The van der Waals surface area contributed by atoms with Crippen LogP contribution in [0.5, 0.6) is 0 Å². The van der Waals surface area contributed by atoms with Crippen LogP contribution in [0.1, 0.15) is 34.9 Å². The van der Waals surface area contributed by atoms with Crippen molar-refractivity contribution in [1.82, 2.24) is 9.47 Å². The van der Waals surface area contributed by atoms with Gasteiger partial charge in [-0.05, 0) is 24.0 Å². The molecule has 134 valence electrons. The minimum Gasteiger partial charge on any atom is -0.466 e. The molecule has 5 nitrogen and oxygen atoms in total. The highest BCUT2D eigenvalue weighted by molar-refractivity contribution is 6.04. The van der Waals surface area contributed by atoms with Crippen molar-refractivity contribution in [1.29, 1.82) is 0 Å². The van der Waals surface area contributed by atoms with Crippen LogP contribution in [0, 0.1) is 5.92 Å². The van der Waals surface area contributed by atoms with Crippen LogP contribution in [0.2, 0.25) is 0 Å². The lowest BCUT2D eigenvalue weighted by molar-refractivity contribution is -0.134. The molecule has 2 aliphatic rings. The zero-order valence-electron chi connectivity index (χ0n) is 15.2. The SMILES string of the molecule is COC(=O)/C=C/C1=CN(C)[C@@H]2C[C@H]1CC(=O)c1c2c2ccccc2n1C. The Bertz CT molecular complexity index is 967. The summed E-state index contributed by atoms with van der Waals surface area (Å²) in [5, 5.41) is 1.15. The number of hydrogen-bond acceptors (Lipinski definition) is 4. The highest BCUT2D eigenvalue weighted by Crippen LogP contribution is 2.45. The molecule has 0 spiro atoms. The number of esters is 1. The summed E-state index contributed by atoms with van der Waals surface area (Å²) >= 11 is 0. The van der Waals surface area contributed by atoms with Gasteiger partial charge in [0.05, 0.1) is 18.8 Å². The fourth-order valence-corrected chi connectivity index (χ4v) is 4.35. The second-order valence-corrected chi connectivity index (χ2v) is 7.07. The third-order valence-corrected chi connectivity index (χ3v) is 5.61. The van der Waals surface area contributed by atoms with Crippen LogP contribution in [0.3, 0.4) is 0 Å². The van der Waals surface area contributed by atoms with E-state index in [-0.39, 0.29) is 23.7 Å². The molecule has 1 aromatic carbocycles. The van der Waals surface area contributed by atoms with Gasteiger partial charge in [-0.2, -0.15) is 0 Å². The summed E-state index contributed by atoms with van der Waals surface area (Å²) in [6.45, 7) is 0. The van der Waals surface area contributed by atoms with Gasteiger partial charge in [-0.25, -0.2) is 4.79 Å². The van der Waals surface area contributed by atoms with Crippen molar-refractivity contribution in [3.8, 4) is 0 Å². The fourth-order valence-electron chi connectivity index (χ4n) is 4.35. The Kier molecular flexibility index (Phi) is 3.94. The Morgan fingerprint density at radius 2 is 2.04 bits per heavy atom. The second kappa shape index (κ2) is 6.16. The minimum atomic E-state index is -0.384. The molecule has 0 unspecified atom stereocenters. The van der Waals surface area contributed by atoms with Gasteiger partial charge in [-0.15, -0.1) is 0 Å². The van der Waals surface area contributed by atoms with Gasteiger partial charge < -0.3 is 14.2 Å². The Morgan fingerprint density at radius 1 is 1.27 bits per heavy atom. The van der Waals surface area contributed by atoms with Crippen molar-refractivity contribution in [2.75, 3.05) is 14.2 Å². The predicted molar refractivity (Wildman–Crippen MR) is 99.7 cm³/mol. The molecule has 5 heteroatoms. The molecule has 0 amide bonds. The van der Waals surface area contributed by atoms with Gasteiger partial charge >= 0.3 is 5.97 Å².